The molecule has 2 atom stereocenters. The van der Waals surface area contributed by atoms with Crippen LogP contribution in [-0.4, -0.2) is 30.3 Å². The minimum absolute atomic E-state index is 0.244. The lowest BCUT2D eigenvalue weighted by Crippen LogP contribution is -2.44. The van der Waals surface area contributed by atoms with Gasteiger partial charge < -0.3 is 15.7 Å². The van der Waals surface area contributed by atoms with Gasteiger partial charge >= 0.3 is 0 Å². The smallest absolute Gasteiger partial charge is 0.0816 e. The summed E-state index contributed by atoms with van der Waals surface area (Å²) < 4.78 is 0. The Labute approximate surface area is 116 Å². The zero-order valence-electron chi connectivity index (χ0n) is 12.3. The van der Waals surface area contributed by atoms with E-state index in [9.17, 15) is 5.11 Å². The Morgan fingerprint density at radius 2 is 2.11 bits per heavy atom. The van der Waals surface area contributed by atoms with Crippen molar-refractivity contribution >= 4 is 5.69 Å². The lowest BCUT2D eigenvalue weighted by molar-refractivity contribution is 0.0208. The summed E-state index contributed by atoms with van der Waals surface area (Å²) in [5, 5.41) is 10.5. The fraction of sp³-hybridized carbons (Fsp3) is 0.625. The average molecular weight is 262 g/mol. The molecule has 19 heavy (non-hydrogen) atoms. The van der Waals surface area contributed by atoms with Crippen LogP contribution in [0.25, 0.3) is 0 Å². The first-order valence-corrected chi connectivity index (χ1v) is 7.22. The zero-order valence-corrected chi connectivity index (χ0v) is 12.3. The first kappa shape index (κ1) is 14.4. The number of aliphatic hydroxyl groups is 1. The van der Waals surface area contributed by atoms with Crippen LogP contribution in [0.5, 0.6) is 0 Å². The number of hydrogen-bond donors (Lipinski definition) is 2. The topological polar surface area (TPSA) is 49.5 Å². The molecule has 1 aromatic rings. The second-order valence-corrected chi connectivity index (χ2v) is 6.23. The number of nitrogens with two attached hydrogens (primary N) is 1. The molecule has 0 aromatic heterocycles. The largest absolute Gasteiger partial charge is 0.388 e. The minimum Gasteiger partial charge on any atom is -0.388 e. The van der Waals surface area contributed by atoms with Crippen LogP contribution in [0.15, 0.2) is 24.3 Å². The van der Waals surface area contributed by atoms with Crippen LogP contribution in [0.1, 0.15) is 38.7 Å². The van der Waals surface area contributed by atoms with Gasteiger partial charge in [-0.05, 0) is 37.4 Å². The van der Waals surface area contributed by atoms with Crippen molar-refractivity contribution in [3.8, 4) is 0 Å². The molecule has 1 aliphatic heterocycles. The second kappa shape index (κ2) is 5.51. The van der Waals surface area contributed by atoms with Crippen molar-refractivity contribution in [1.82, 2.24) is 0 Å². The molecule has 2 unspecified atom stereocenters. The van der Waals surface area contributed by atoms with Gasteiger partial charge in [-0.2, -0.15) is 0 Å². The number of β-amino-alcohol motifs (C(OH)–C–C–N with tert-alkyl or cyclic N) is 1. The van der Waals surface area contributed by atoms with E-state index in [1.165, 1.54) is 11.3 Å². The van der Waals surface area contributed by atoms with Crippen molar-refractivity contribution in [2.24, 2.45) is 11.7 Å². The van der Waals surface area contributed by atoms with Crippen molar-refractivity contribution in [1.29, 1.82) is 0 Å². The molecule has 0 radical (unpaired) electrons. The number of benzene rings is 1. The summed E-state index contributed by atoms with van der Waals surface area (Å²) in [5.74, 6) is 0.748. The molecule has 106 valence electrons. The minimum atomic E-state index is -0.662. The van der Waals surface area contributed by atoms with Gasteiger partial charge in [0.25, 0.3) is 0 Å². The number of nitrogens with zero attached hydrogens (tertiary/aromatic N) is 1. The summed E-state index contributed by atoms with van der Waals surface area (Å²) in [5.41, 5.74) is 7.70. The third kappa shape index (κ3) is 2.93. The number of rotatable bonds is 5. The Balaban J connectivity index is 2.20. The fourth-order valence-electron chi connectivity index (χ4n) is 2.75. The summed E-state index contributed by atoms with van der Waals surface area (Å²) in [4.78, 5) is 2.32. The van der Waals surface area contributed by atoms with Gasteiger partial charge in [-0.1, -0.05) is 32.0 Å². The van der Waals surface area contributed by atoms with Crippen LogP contribution >= 0.6 is 0 Å². The molecule has 3 N–H and O–H groups in total. The number of hydrogen-bond acceptors (Lipinski definition) is 3. The Bertz CT molecular complexity index is 429. The summed E-state index contributed by atoms with van der Waals surface area (Å²) >= 11 is 0. The van der Waals surface area contributed by atoms with E-state index in [-0.39, 0.29) is 5.92 Å². The molecule has 0 saturated carbocycles. The van der Waals surface area contributed by atoms with E-state index in [0.717, 1.165) is 13.0 Å². The average Bonchev–Trinajstić information content (AvgIpc) is 2.68. The van der Waals surface area contributed by atoms with Gasteiger partial charge in [0.15, 0.2) is 0 Å². The molecule has 2 rings (SSSR count). The van der Waals surface area contributed by atoms with Gasteiger partial charge in [0.1, 0.15) is 0 Å². The van der Waals surface area contributed by atoms with Gasteiger partial charge in [-0.3, -0.25) is 0 Å². The molecule has 1 aromatic carbocycles. The standard InChI is InChI=1S/C16H26N2O/c1-12(2)16(3,19)11-18-10-13(8-9-17)14-6-4-5-7-15(14)18/h4-7,12-13,19H,8-11,17H2,1-3H3. The highest BCUT2D eigenvalue weighted by atomic mass is 16.3. The molecule has 1 heterocycles. The molecular formula is C16H26N2O. The lowest BCUT2D eigenvalue weighted by atomic mass is 9.92. The molecule has 0 spiro atoms. The SMILES string of the molecule is CC(C)C(C)(O)CN1CC(CCN)c2ccccc21. The molecule has 1 aliphatic rings. The third-order valence-corrected chi connectivity index (χ3v) is 4.43. The maximum absolute atomic E-state index is 10.5. The maximum atomic E-state index is 10.5. The predicted molar refractivity (Wildman–Crippen MR) is 80.5 cm³/mol. The second-order valence-electron chi connectivity index (χ2n) is 6.23. The van der Waals surface area contributed by atoms with E-state index in [0.29, 0.717) is 19.0 Å². The summed E-state index contributed by atoms with van der Waals surface area (Å²) in [6, 6.07) is 8.51. The molecule has 0 fully saturated rings. The highest BCUT2D eigenvalue weighted by Gasteiger charge is 2.34. The van der Waals surface area contributed by atoms with Crippen molar-refractivity contribution in [3.05, 3.63) is 29.8 Å². The Hall–Kier alpha value is -1.06. The number of fused-ring (bicyclic) bond motifs is 1. The van der Waals surface area contributed by atoms with Gasteiger partial charge in [-0.25, -0.2) is 0 Å². The normalized spacial score (nSPS) is 21.6. The molecule has 0 bridgehead atoms. The fourth-order valence-corrected chi connectivity index (χ4v) is 2.75. The summed E-state index contributed by atoms with van der Waals surface area (Å²) in [6.07, 6.45) is 1.01. The van der Waals surface area contributed by atoms with Crippen LogP contribution in [0.4, 0.5) is 5.69 Å². The maximum Gasteiger partial charge on any atom is 0.0816 e. The zero-order chi connectivity index (χ0) is 14.0. The molecule has 0 saturated heterocycles. The lowest BCUT2D eigenvalue weighted by Gasteiger charge is -2.34. The first-order valence-electron chi connectivity index (χ1n) is 7.22. The van der Waals surface area contributed by atoms with E-state index in [1.54, 1.807) is 0 Å². The molecule has 3 heteroatoms. The van der Waals surface area contributed by atoms with E-state index >= 15 is 0 Å². The molecule has 0 amide bonds. The van der Waals surface area contributed by atoms with Crippen LogP contribution in [0, 0.1) is 5.92 Å². The van der Waals surface area contributed by atoms with Crippen molar-refractivity contribution in [3.63, 3.8) is 0 Å². The van der Waals surface area contributed by atoms with Crippen LogP contribution in [-0.2, 0) is 0 Å². The summed E-state index contributed by atoms with van der Waals surface area (Å²) in [6.45, 7) is 8.44. The molecule has 3 nitrogen and oxygen atoms in total. The summed E-state index contributed by atoms with van der Waals surface area (Å²) in [7, 11) is 0. The van der Waals surface area contributed by atoms with Crippen molar-refractivity contribution in [2.45, 2.75) is 38.7 Å². The predicted octanol–water partition coefficient (Wildman–Crippen LogP) is 2.35. The van der Waals surface area contributed by atoms with Gasteiger partial charge in [0.2, 0.25) is 0 Å². The van der Waals surface area contributed by atoms with E-state index < -0.39 is 5.60 Å². The van der Waals surface area contributed by atoms with Crippen LogP contribution in [0.3, 0.4) is 0 Å². The monoisotopic (exact) mass is 262 g/mol. The van der Waals surface area contributed by atoms with E-state index in [1.807, 2.05) is 6.92 Å². The van der Waals surface area contributed by atoms with E-state index in [4.69, 9.17) is 5.73 Å². The van der Waals surface area contributed by atoms with Crippen molar-refractivity contribution in [2.75, 3.05) is 24.5 Å². The number of para-hydroxylation sites is 1. The number of anilines is 1. The molecule has 0 aliphatic carbocycles. The van der Waals surface area contributed by atoms with Gasteiger partial charge in [-0.15, -0.1) is 0 Å². The first-order chi connectivity index (χ1) is 8.95. The van der Waals surface area contributed by atoms with Crippen LogP contribution < -0.4 is 10.6 Å². The quantitative estimate of drug-likeness (QED) is 0.856. The Morgan fingerprint density at radius 1 is 1.42 bits per heavy atom. The van der Waals surface area contributed by atoms with Crippen molar-refractivity contribution < 1.29 is 5.11 Å². The Morgan fingerprint density at radius 3 is 2.74 bits per heavy atom. The Kier molecular flexibility index (Phi) is 4.16. The highest BCUT2D eigenvalue weighted by molar-refractivity contribution is 5.60. The highest BCUT2D eigenvalue weighted by Crippen LogP contribution is 2.38. The van der Waals surface area contributed by atoms with Gasteiger partial charge in [0, 0.05) is 24.7 Å². The van der Waals surface area contributed by atoms with Gasteiger partial charge in [0.05, 0.1) is 5.60 Å². The van der Waals surface area contributed by atoms with Crippen LogP contribution in [0.2, 0.25) is 0 Å². The molecular weight excluding hydrogens is 236 g/mol. The third-order valence-electron chi connectivity index (χ3n) is 4.43. The van der Waals surface area contributed by atoms with E-state index in [2.05, 4.69) is 43.0 Å².